The Morgan fingerprint density at radius 1 is 1.15 bits per heavy atom. The lowest BCUT2D eigenvalue weighted by atomic mass is 9.83. The molecule has 0 saturated carbocycles. The predicted molar refractivity (Wildman–Crippen MR) is 92.4 cm³/mol. The first kappa shape index (κ1) is 18.2. The van der Waals surface area contributed by atoms with Gasteiger partial charge in [0.25, 0.3) is 5.91 Å². The van der Waals surface area contributed by atoms with Gasteiger partial charge in [-0.15, -0.1) is 13.2 Å². The topological polar surface area (TPSA) is 67.9 Å². The van der Waals surface area contributed by atoms with Crippen LogP contribution in [-0.2, 0) is 10.3 Å². The van der Waals surface area contributed by atoms with Crippen LogP contribution in [0.5, 0.6) is 5.75 Å². The van der Waals surface area contributed by atoms with E-state index in [0.29, 0.717) is 11.1 Å². The SMILES string of the molecule is CN1C(=O)C(c2ccc(OC(F)(F)F)cc2)(c2cccc(Br)c2)N=C1N. The van der Waals surface area contributed by atoms with Crippen LogP contribution in [0.1, 0.15) is 11.1 Å². The summed E-state index contributed by atoms with van der Waals surface area (Å²) < 4.78 is 41.7. The van der Waals surface area contributed by atoms with Crippen LogP contribution in [0.3, 0.4) is 0 Å². The molecule has 5 nitrogen and oxygen atoms in total. The predicted octanol–water partition coefficient (Wildman–Crippen LogP) is 3.38. The molecule has 0 radical (unpaired) electrons. The lowest BCUT2D eigenvalue weighted by molar-refractivity contribution is -0.274. The Balaban J connectivity index is 2.13. The summed E-state index contributed by atoms with van der Waals surface area (Å²) in [5.74, 6) is -0.774. The second-order valence-corrected chi connectivity index (χ2v) is 6.54. The number of likely N-dealkylation sites (N-methyl/N-ethyl adjacent to an activating group) is 1. The molecule has 9 heteroatoms. The summed E-state index contributed by atoms with van der Waals surface area (Å²) in [4.78, 5) is 18.5. The molecular formula is C17H13BrF3N3O2. The van der Waals surface area contributed by atoms with Gasteiger partial charge in [-0.05, 0) is 35.4 Å². The van der Waals surface area contributed by atoms with Crippen LogP contribution >= 0.6 is 15.9 Å². The van der Waals surface area contributed by atoms with Gasteiger partial charge >= 0.3 is 6.36 Å². The molecule has 0 spiro atoms. The zero-order valence-electron chi connectivity index (χ0n) is 13.4. The second-order valence-electron chi connectivity index (χ2n) is 5.63. The molecule has 1 aliphatic heterocycles. The first-order valence-corrected chi connectivity index (χ1v) is 8.18. The van der Waals surface area contributed by atoms with Crippen molar-refractivity contribution in [2.24, 2.45) is 10.7 Å². The Hall–Kier alpha value is -2.55. The van der Waals surface area contributed by atoms with Crippen LogP contribution in [0.4, 0.5) is 13.2 Å². The van der Waals surface area contributed by atoms with Gasteiger partial charge in [0, 0.05) is 11.5 Å². The first-order chi connectivity index (χ1) is 12.1. The summed E-state index contributed by atoms with van der Waals surface area (Å²) in [5.41, 5.74) is 5.28. The first-order valence-electron chi connectivity index (χ1n) is 7.39. The number of benzene rings is 2. The average molecular weight is 428 g/mol. The van der Waals surface area contributed by atoms with E-state index < -0.39 is 17.8 Å². The third kappa shape index (κ3) is 3.14. The molecule has 1 heterocycles. The van der Waals surface area contributed by atoms with Crippen molar-refractivity contribution in [1.29, 1.82) is 0 Å². The summed E-state index contributed by atoms with van der Waals surface area (Å²) in [6, 6.07) is 12.0. The average Bonchev–Trinajstić information content (AvgIpc) is 2.79. The number of nitrogens with two attached hydrogens (primary N) is 1. The number of rotatable bonds is 3. The van der Waals surface area contributed by atoms with Crippen molar-refractivity contribution >= 4 is 27.8 Å². The fourth-order valence-corrected chi connectivity index (χ4v) is 3.19. The highest BCUT2D eigenvalue weighted by Gasteiger charge is 2.49. The summed E-state index contributed by atoms with van der Waals surface area (Å²) >= 11 is 3.35. The number of hydrogen-bond acceptors (Lipinski definition) is 4. The number of alkyl halides is 3. The summed E-state index contributed by atoms with van der Waals surface area (Å²) in [7, 11) is 1.49. The third-order valence-electron chi connectivity index (χ3n) is 3.99. The van der Waals surface area contributed by atoms with Crippen molar-refractivity contribution in [3.05, 3.63) is 64.1 Å². The molecule has 26 heavy (non-hydrogen) atoms. The van der Waals surface area contributed by atoms with Gasteiger partial charge in [-0.1, -0.05) is 40.2 Å². The van der Waals surface area contributed by atoms with Gasteiger partial charge in [0.05, 0.1) is 0 Å². The van der Waals surface area contributed by atoms with Gasteiger partial charge in [-0.3, -0.25) is 9.69 Å². The minimum Gasteiger partial charge on any atom is -0.406 e. The molecule has 0 saturated heterocycles. The Morgan fingerprint density at radius 2 is 1.81 bits per heavy atom. The quantitative estimate of drug-likeness (QED) is 0.816. The molecule has 0 aromatic heterocycles. The number of ether oxygens (including phenoxy) is 1. The zero-order valence-corrected chi connectivity index (χ0v) is 15.0. The maximum Gasteiger partial charge on any atom is 0.573 e. The largest absolute Gasteiger partial charge is 0.573 e. The fraction of sp³-hybridized carbons (Fsp3) is 0.176. The van der Waals surface area contributed by atoms with Crippen molar-refractivity contribution < 1.29 is 22.7 Å². The molecule has 2 aromatic carbocycles. The van der Waals surface area contributed by atoms with E-state index in [1.807, 2.05) is 0 Å². The minimum absolute atomic E-state index is 0.0191. The van der Waals surface area contributed by atoms with Crippen LogP contribution in [0.15, 0.2) is 58.0 Å². The van der Waals surface area contributed by atoms with Gasteiger partial charge in [0.15, 0.2) is 11.5 Å². The van der Waals surface area contributed by atoms with Crippen molar-refractivity contribution in [3.63, 3.8) is 0 Å². The van der Waals surface area contributed by atoms with Crippen LogP contribution in [0.25, 0.3) is 0 Å². The number of hydrogen-bond donors (Lipinski definition) is 1. The number of amides is 1. The molecule has 3 rings (SSSR count). The van der Waals surface area contributed by atoms with E-state index in [1.54, 1.807) is 24.3 Å². The van der Waals surface area contributed by atoms with E-state index in [0.717, 1.165) is 16.6 Å². The Bertz CT molecular complexity index is 884. The van der Waals surface area contributed by atoms with Crippen molar-refractivity contribution in [1.82, 2.24) is 4.90 Å². The minimum atomic E-state index is -4.80. The molecule has 0 aliphatic carbocycles. The van der Waals surface area contributed by atoms with E-state index in [2.05, 4.69) is 25.7 Å². The van der Waals surface area contributed by atoms with Crippen LogP contribution in [-0.4, -0.2) is 30.2 Å². The molecule has 0 fully saturated rings. The highest BCUT2D eigenvalue weighted by atomic mass is 79.9. The summed E-state index contributed by atoms with van der Waals surface area (Å²) in [6.45, 7) is 0. The monoisotopic (exact) mass is 427 g/mol. The van der Waals surface area contributed by atoms with Crippen molar-refractivity contribution in [3.8, 4) is 5.75 Å². The van der Waals surface area contributed by atoms with Crippen LogP contribution in [0, 0.1) is 0 Å². The van der Waals surface area contributed by atoms with Gasteiger partial charge in [0.2, 0.25) is 0 Å². The lowest BCUT2D eigenvalue weighted by Crippen LogP contribution is -2.41. The molecule has 2 N–H and O–H groups in total. The van der Waals surface area contributed by atoms with Crippen molar-refractivity contribution in [2.45, 2.75) is 11.9 Å². The molecule has 1 atom stereocenters. The fourth-order valence-electron chi connectivity index (χ4n) is 2.80. The lowest BCUT2D eigenvalue weighted by Gasteiger charge is -2.26. The molecule has 136 valence electrons. The van der Waals surface area contributed by atoms with Gasteiger partial charge < -0.3 is 10.5 Å². The van der Waals surface area contributed by atoms with Gasteiger partial charge in [0.1, 0.15) is 5.75 Å². The zero-order chi connectivity index (χ0) is 19.1. The molecular weight excluding hydrogens is 415 g/mol. The Kier molecular flexibility index (Phi) is 4.43. The number of carbonyl (C=O) groups is 1. The highest BCUT2D eigenvalue weighted by Crippen LogP contribution is 2.40. The van der Waals surface area contributed by atoms with E-state index in [4.69, 9.17) is 5.73 Å². The standard InChI is InChI=1S/C17H13BrF3N3O2/c1-24-14(25)16(23-15(24)22,11-3-2-4-12(18)9-11)10-5-7-13(8-6-10)26-17(19,20)21/h2-9H,1H3,(H2,22,23). The number of aliphatic imine (C=N–C) groups is 1. The number of guanidine groups is 1. The van der Waals surface area contributed by atoms with Crippen molar-refractivity contribution in [2.75, 3.05) is 7.05 Å². The number of carbonyl (C=O) groups excluding carboxylic acids is 1. The molecule has 1 aliphatic rings. The number of nitrogens with zero attached hydrogens (tertiary/aromatic N) is 2. The van der Waals surface area contributed by atoms with E-state index in [-0.39, 0.29) is 11.7 Å². The Morgan fingerprint density at radius 3 is 2.31 bits per heavy atom. The maximum atomic E-state index is 13.0. The second kappa shape index (κ2) is 6.31. The van der Waals surface area contributed by atoms with Crippen LogP contribution in [0.2, 0.25) is 0 Å². The molecule has 1 unspecified atom stereocenters. The van der Waals surface area contributed by atoms with Gasteiger partial charge in [-0.2, -0.15) is 0 Å². The molecule has 0 bridgehead atoms. The smallest absolute Gasteiger partial charge is 0.406 e. The van der Waals surface area contributed by atoms with E-state index >= 15 is 0 Å². The maximum absolute atomic E-state index is 13.0. The highest BCUT2D eigenvalue weighted by molar-refractivity contribution is 9.10. The summed E-state index contributed by atoms with van der Waals surface area (Å²) in [5, 5.41) is 0. The van der Waals surface area contributed by atoms with Crippen LogP contribution < -0.4 is 10.5 Å². The van der Waals surface area contributed by atoms with E-state index in [9.17, 15) is 18.0 Å². The normalized spacial score (nSPS) is 20.3. The Labute approximate surface area is 155 Å². The molecule has 1 amide bonds. The number of halogens is 4. The summed E-state index contributed by atoms with van der Waals surface area (Å²) in [6.07, 6.45) is -4.80. The molecule has 2 aromatic rings. The third-order valence-corrected chi connectivity index (χ3v) is 4.48. The van der Waals surface area contributed by atoms with Gasteiger partial charge in [-0.25, -0.2) is 4.99 Å². The van der Waals surface area contributed by atoms with E-state index in [1.165, 1.54) is 24.1 Å².